The summed E-state index contributed by atoms with van der Waals surface area (Å²) >= 11 is 1.54. The minimum atomic E-state index is -0.730. The van der Waals surface area contributed by atoms with Crippen molar-refractivity contribution < 1.29 is 9.84 Å². The van der Waals surface area contributed by atoms with Gasteiger partial charge in [-0.2, -0.15) is 0 Å². The Labute approximate surface area is 152 Å². The molecule has 0 aliphatic rings. The van der Waals surface area contributed by atoms with Crippen LogP contribution in [0.15, 0.2) is 56.4 Å². The van der Waals surface area contributed by atoms with E-state index in [4.69, 9.17) is 4.74 Å². The molecule has 0 saturated carbocycles. The van der Waals surface area contributed by atoms with Gasteiger partial charge in [0.15, 0.2) is 0 Å². The minimum absolute atomic E-state index is 0.0740. The number of aromatic hydroxyl groups is 1. The number of H-pyrrole nitrogens is 1. The number of benzene rings is 1. The van der Waals surface area contributed by atoms with E-state index in [0.717, 1.165) is 9.44 Å². The Hall–Kier alpha value is -3.13. The summed E-state index contributed by atoms with van der Waals surface area (Å²) in [5, 5.41) is 12.4. The van der Waals surface area contributed by atoms with Crippen LogP contribution in [0.4, 0.5) is 0 Å². The van der Waals surface area contributed by atoms with Crippen molar-refractivity contribution in [1.29, 1.82) is 0 Å². The van der Waals surface area contributed by atoms with Gasteiger partial charge in [0.25, 0.3) is 5.56 Å². The lowest BCUT2D eigenvalue weighted by Gasteiger charge is -2.10. The minimum Gasteiger partial charge on any atom is -0.494 e. The first kappa shape index (κ1) is 17.7. The summed E-state index contributed by atoms with van der Waals surface area (Å²) < 4.78 is 6.38. The van der Waals surface area contributed by atoms with Crippen LogP contribution in [0.5, 0.6) is 11.6 Å². The number of nitrogens with one attached hydrogen (secondary N) is 1. The van der Waals surface area contributed by atoms with Crippen molar-refractivity contribution >= 4 is 17.6 Å². The quantitative estimate of drug-likeness (QED) is 0.650. The summed E-state index contributed by atoms with van der Waals surface area (Å²) in [6.45, 7) is 2.78. The van der Waals surface area contributed by atoms with Crippen molar-refractivity contribution in [3.63, 3.8) is 0 Å². The van der Waals surface area contributed by atoms with E-state index in [2.05, 4.69) is 9.98 Å². The molecule has 0 bridgehead atoms. The third kappa shape index (κ3) is 3.75. The first-order valence-corrected chi connectivity index (χ1v) is 8.82. The third-order valence-corrected chi connectivity index (χ3v) is 4.44. The number of aromatic amines is 1. The second-order valence-electron chi connectivity index (χ2n) is 5.31. The van der Waals surface area contributed by atoms with Crippen molar-refractivity contribution in [3.8, 4) is 17.3 Å². The zero-order chi connectivity index (χ0) is 18.5. The lowest BCUT2D eigenvalue weighted by atomic mass is 10.2. The SMILES string of the molecule is CCOc1ccc(-n2c(O)c(C=NCc3cccs3)c(=O)[nH]c2=O)cc1. The molecule has 2 N–H and O–H groups in total. The van der Waals surface area contributed by atoms with Gasteiger partial charge < -0.3 is 9.84 Å². The predicted octanol–water partition coefficient (Wildman–Crippen LogP) is 2.31. The molecule has 0 aliphatic heterocycles. The maximum Gasteiger partial charge on any atom is 0.335 e. The molecular formula is C18H17N3O4S. The second-order valence-corrected chi connectivity index (χ2v) is 6.34. The largest absolute Gasteiger partial charge is 0.494 e. The second kappa shape index (κ2) is 7.83. The van der Waals surface area contributed by atoms with E-state index in [1.54, 1.807) is 35.6 Å². The maximum absolute atomic E-state index is 12.2. The number of ether oxygens (including phenoxy) is 1. The molecule has 1 aromatic carbocycles. The van der Waals surface area contributed by atoms with E-state index in [1.165, 1.54) is 6.21 Å². The van der Waals surface area contributed by atoms with Crippen LogP contribution in [-0.4, -0.2) is 27.5 Å². The van der Waals surface area contributed by atoms with E-state index >= 15 is 0 Å². The van der Waals surface area contributed by atoms with Gasteiger partial charge in [0.05, 0.1) is 18.8 Å². The molecule has 134 valence electrons. The summed E-state index contributed by atoms with van der Waals surface area (Å²) in [6.07, 6.45) is 1.28. The van der Waals surface area contributed by atoms with Crippen molar-refractivity contribution in [2.45, 2.75) is 13.5 Å². The van der Waals surface area contributed by atoms with Crippen molar-refractivity contribution in [1.82, 2.24) is 9.55 Å². The standard InChI is InChI=1S/C18H17N3O4S/c1-2-25-13-7-5-12(6-8-13)21-17(23)15(16(22)20-18(21)24)11-19-10-14-4-3-9-26-14/h3-9,11,23H,2,10H2,1H3,(H,20,22,24). The molecule has 0 radical (unpaired) electrons. The number of nitrogens with zero attached hydrogens (tertiary/aromatic N) is 2. The van der Waals surface area contributed by atoms with Crippen LogP contribution in [-0.2, 0) is 6.54 Å². The molecule has 0 unspecified atom stereocenters. The van der Waals surface area contributed by atoms with Gasteiger partial charge in [0.2, 0.25) is 5.88 Å². The van der Waals surface area contributed by atoms with Crippen LogP contribution < -0.4 is 16.0 Å². The van der Waals surface area contributed by atoms with Crippen LogP contribution >= 0.6 is 11.3 Å². The highest BCUT2D eigenvalue weighted by Crippen LogP contribution is 2.19. The number of aliphatic imine (C=N–C) groups is 1. The number of aromatic nitrogens is 2. The molecule has 26 heavy (non-hydrogen) atoms. The predicted molar refractivity (Wildman–Crippen MR) is 101 cm³/mol. The lowest BCUT2D eigenvalue weighted by Crippen LogP contribution is -2.31. The smallest absolute Gasteiger partial charge is 0.335 e. The fourth-order valence-electron chi connectivity index (χ4n) is 2.38. The molecule has 2 heterocycles. The van der Waals surface area contributed by atoms with Crippen LogP contribution in [0.1, 0.15) is 17.4 Å². The molecule has 3 rings (SSSR count). The average Bonchev–Trinajstić information content (AvgIpc) is 3.13. The summed E-state index contributed by atoms with van der Waals surface area (Å²) in [6, 6.07) is 10.4. The highest BCUT2D eigenvalue weighted by Gasteiger charge is 2.14. The Bertz CT molecular complexity index is 1020. The number of hydrogen-bond acceptors (Lipinski definition) is 6. The third-order valence-electron chi connectivity index (χ3n) is 3.57. The number of rotatable bonds is 6. The number of thiophene rings is 1. The molecule has 0 atom stereocenters. The van der Waals surface area contributed by atoms with Crippen LogP contribution in [0.25, 0.3) is 5.69 Å². The summed E-state index contributed by atoms with van der Waals surface area (Å²) in [7, 11) is 0. The molecule has 0 aliphatic carbocycles. The van der Waals surface area contributed by atoms with Gasteiger partial charge in [0.1, 0.15) is 11.3 Å². The fraction of sp³-hybridized carbons (Fsp3) is 0.167. The van der Waals surface area contributed by atoms with Gasteiger partial charge in [-0.05, 0) is 42.6 Å². The van der Waals surface area contributed by atoms with Gasteiger partial charge in [-0.1, -0.05) is 6.07 Å². The van der Waals surface area contributed by atoms with Gasteiger partial charge >= 0.3 is 5.69 Å². The van der Waals surface area contributed by atoms with E-state index in [0.29, 0.717) is 24.6 Å². The maximum atomic E-state index is 12.2. The molecule has 7 nitrogen and oxygen atoms in total. The van der Waals surface area contributed by atoms with Crippen LogP contribution in [0, 0.1) is 0 Å². The van der Waals surface area contributed by atoms with E-state index in [1.807, 2.05) is 24.4 Å². The van der Waals surface area contributed by atoms with Crippen molar-refractivity contribution in [3.05, 3.63) is 73.1 Å². The molecule has 2 aromatic heterocycles. The molecular weight excluding hydrogens is 354 g/mol. The monoisotopic (exact) mass is 371 g/mol. The molecule has 0 fully saturated rings. The van der Waals surface area contributed by atoms with E-state index < -0.39 is 17.1 Å². The lowest BCUT2D eigenvalue weighted by molar-refractivity contribution is 0.340. The summed E-state index contributed by atoms with van der Waals surface area (Å²) in [5.41, 5.74) is -1.09. The van der Waals surface area contributed by atoms with Gasteiger partial charge in [-0.3, -0.25) is 14.8 Å². The first-order chi connectivity index (χ1) is 12.6. The van der Waals surface area contributed by atoms with Gasteiger partial charge in [-0.15, -0.1) is 11.3 Å². The molecule has 0 amide bonds. The van der Waals surface area contributed by atoms with Crippen LogP contribution in [0.2, 0.25) is 0 Å². The van der Waals surface area contributed by atoms with Gasteiger partial charge in [-0.25, -0.2) is 9.36 Å². The fourth-order valence-corrected chi connectivity index (χ4v) is 3.02. The molecule has 0 spiro atoms. The Balaban J connectivity index is 1.97. The highest BCUT2D eigenvalue weighted by atomic mass is 32.1. The number of hydrogen-bond donors (Lipinski definition) is 2. The zero-order valence-corrected chi connectivity index (χ0v) is 14.8. The Morgan fingerprint density at radius 1 is 1.27 bits per heavy atom. The summed E-state index contributed by atoms with van der Waals surface area (Å²) in [5.74, 6) is 0.184. The van der Waals surface area contributed by atoms with E-state index in [9.17, 15) is 14.7 Å². The Morgan fingerprint density at radius 2 is 2.04 bits per heavy atom. The Morgan fingerprint density at radius 3 is 2.69 bits per heavy atom. The van der Waals surface area contributed by atoms with Gasteiger partial charge in [0, 0.05) is 11.1 Å². The van der Waals surface area contributed by atoms with Crippen molar-refractivity contribution in [2.24, 2.45) is 4.99 Å². The van der Waals surface area contributed by atoms with E-state index in [-0.39, 0.29) is 5.56 Å². The Kier molecular flexibility index (Phi) is 5.33. The van der Waals surface area contributed by atoms with Crippen molar-refractivity contribution in [2.75, 3.05) is 6.61 Å². The normalized spacial score (nSPS) is 11.1. The average molecular weight is 371 g/mol. The molecule has 8 heteroatoms. The molecule has 0 saturated heterocycles. The first-order valence-electron chi connectivity index (χ1n) is 7.94. The van der Waals surface area contributed by atoms with Crippen LogP contribution in [0.3, 0.4) is 0 Å². The summed E-state index contributed by atoms with van der Waals surface area (Å²) in [4.78, 5) is 31.6. The molecule has 3 aromatic rings. The topological polar surface area (TPSA) is 96.7 Å². The highest BCUT2D eigenvalue weighted by molar-refractivity contribution is 7.09. The zero-order valence-electron chi connectivity index (χ0n) is 14.0.